The number of carbonyl (C=O) groups is 2. The molecule has 25 heavy (non-hydrogen) atoms. The van der Waals surface area contributed by atoms with Crippen molar-refractivity contribution in [1.82, 2.24) is 5.32 Å². The Bertz CT molecular complexity index is 855. The van der Waals surface area contributed by atoms with Crippen LogP contribution in [0.15, 0.2) is 53.4 Å². The van der Waals surface area contributed by atoms with Crippen molar-refractivity contribution in [3.8, 4) is 5.75 Å². The predicted molar refractivity (Wildman–Crippen MR) is 104 cm³/mol. The zero-order valence-corrected chi connectivity index (χ0v) is 15.1. The molecule has 0 bridgehead atoms. The van der Waals surface area contributed by atoms with E-state index < -0.39 is 0 Å². The number of Topliss-reactive ketones (excluding diaryl/α,β-unsaturated/α-hetero) is 1. The molecule has 1 heterocycles. The number of nitrogens with one attached hydrogen (secondary N) is 1. The molecule has 6 heteroatoms. The average Bonchev–Trinajstić information content (AvgIpc) is 2.92. The Morgan fingerprint density at radius 1 is 1.16 bits per heavy atom. The van der Waals surface area contributed by atoms with Gasteiger partial charge in [-0.2, -0.15) is 0 Å². The molecule has 3 rings (SSSR count). The van der Waals surface area contributed by atoms with Crippen LogP contribution in [0.1, 0.15) is 28.4 Å². The van der Waals surface area contributed by atoms with E-state index in [2.05, 4.69) is 5.32 Å². The fourth-order valence-electron chi connectivity index (χ4n) is 2.24. The van der Waals surface area contributed by atoms with E-state index in [-0.39, 0.29) is 11.7 Å². The van der Waals surface area contributed by atoms with Crippen LogP contribution in [0.5, 0.6) is 5.75 Å². The van der Waals surface area contributed by atoms with Crippen LogP contribution in [0.25, 0.3) is 6.08 Å². The standard InChI is InChI=1S/C19H15NO3S2/c1-12(21)15-6-2-14(3-7-15)11-23-16-8-4-13(5-9-16)10-17-18(22)20-19(24)25-17/h2-10H,11H2,1H3,(H,20,22,24). The summed E-state index contributed by atoms with van der Waals surface area (Å²) in [6.07, 6.45) is 1.80. The molecule has 2 aromatic rings. The molecule has 1 amide bonds. The molecular formula is C19H15NO3S2. The average molecular weight is 369 g/mol. The van der Waals surface area contributed by atoms with Crippen molar-refractivity contribution in [2.24, 2.45) is 0 Å². The molecule has 2 aromatic carbocycles. The highest BCUT2D eigenvalue weighted by Gasteiger charge is 2.21. The summed E-state index contributed by atoms with van der Waals surface area (Å²) in [5, 5.41) is 2.59. The Balaban J connectivity index is 1.61. The van der Waals surface area contributed by atoms with E-state index in [0.29, 0.717) is 21.4 Å². The van der Waals surface area contributed by atoms with Gasteiger partial charge in [-0.3, -0.25) is 9.59 Å². The number of hydrogen-bond acceptors (Lipinski definition) is 5. The van der Waals surface area contributed by atoms with Crippen LogP contribution in [-0.2, 0) is 11.4 Å². The molecule has 0 aromatic heterocycles. The van der Waals surface area contributed by atoms with Gasteiger partial charge in [0.25, 0.3) is 5.91 Å². The first kappa shape index (κ1) is 17.4. The first-order valence-electron chi connectivity index (χ1n) is 7.59. The van der Waals surface area contributed by atoms with Crippen molar-refractivity contribution in [2.45, 2.75) is 13.5 Å². The van der Waals surface area contributed by atoms with Gasteiger partial charge in [-0.05, 0) is 36.3 Å². The maximum absolute atomic E-state index is 11.6. The molecule has 1 fully saturated rings. The minimum Gasteiger partial charge on any atom is -0.489 e. The zero-order chi connectivity index (χ0) is 17.8. The Labute approximate surface area is 155 Å². The molecule has 0 aliphatic carbocycles. The number of thioether (sulfide) groups is 1. The molecule has 1 N–H and O–H groups in total. The van der Waals surface area contributed by atoms with E-state index >= 15 is 0 Å². The predicted octanol–water partition coefficient (Wildman–Crippen LogP) is 3.96. The van der Waals surface area contributed by atoms with Crippen molar-refractivity contribution in [3.05, 3.63) is 70.1 Å². The molecule has 0 radical (unpaired) electrons. The van der Waals surface area contributed by atoms with E-state index in [9.17, 15) is 9.59 Å². The van der Waals surface area contributed by atoms with E-state index in [1.807, 2.05) is 36.4 Å². The van der Waals surface area contributed by atoms with Gasteiger partial charge in [0.05, 0.1) is 4.91 Å². The molecule has 0 saturated carbocycles. The third-order valence-electron chi connectivity index (χ3n) is 3.59. The lowest BCUT2D eigenvalue weighted by Gasteiger charge is -2.07. The third-order valence-corrected chi connectivity index (χ3v) is 4.75. The van der Waals surface area contributed by atoms with Gasteiger partial charge in [0.15, 0.2) is 5.78 Å². The maximum atomic E-state index is 11.6. The smallest absolute Gasteiger partial charge is 0.263 e. The van der Waals surface area contributed by atoms with E-state index in [1.165, 1.54) is 11.8 Å². The van der Waals surface area contributed by atoms with Gasteiger partial charge in [0.1, 0.15) is 16.7 Å². The first-order valence-corrected chi connectivity index (χ1v) is 8.81. The first-order chi connectivity index (χ1) is 12.0. The number of carbonyl (C=O) groups excluding carboxylic acids is 2. The lowest BCUT2D eigenvalue weighted by atomic mass is 10.1. The van der Waals surface area contributed by atoms with Crippen LogP contribution in [-0.4, -0.2) is 16.0 Å². The second kappa shape index (κ2) is 7.63. The number of ether oxygens (including phenoxy) is 1. The summed E-state index contributed by atoms with van der Waals surface area (Å²) >= 11 is 6.22. The monoisotopic (exact) mass is 369 g/mol. The van der Waals surface area contributed by atoms with Gasteiger partial charge in [-0.25, -0.2) is 0 Å². The number of ketones is 1. The van der Waals surface area contributed by atoms with Crippen LogP contribution in [0.2, 0.25) is 0 Å². The van der Waals surface area contributed by atoms with Crippen molar-refractivity contribution < 1.29 is 14.3 Å². The second-order valence-corrected chi connectivity index (χ2v) is 7.18. The number of hydrogen-bond donors (Lipinski definition) is 1. The zero-order valence-electron chi connectivity index (χ0n) is 13.4. The van der Waals surface area contributed by atoms with Gasteiger partial charge in [-0.1, -0.05) is 60.4 Å². The lowest BCUT2D eigenvalue weighted by molar-refractivity contribution is -0.115. The number of amides is 1. The Kier molecular flexibility index (Phi) is 5.31. The summed E-state index contributed by atoms with van der Waals surface area (Å²) in [4.78, 5) is 23.5. The molecule has 0 atom stereocenters. The van der Waals surface area contributed by atoms with Gasteiger partial charge >= 0.3 is 0 Å². The van der Waals surface area contributed by atoms with E-state index in [1.54, 1.807) is 25.1 Å². The summed E-state index contributed by atoms with van der Waals surface area (Å²) in [6.45, 7) is 1.97. The summed E-state index contributed by atoms with van der Waals surface area (Å²) in [5.41, 5.74) is 2.58. The molecule has 1 aliphatic rings. The quantitative estimate of drug-likeness (QED) is 0.491. The largest absolute Gasteiger partial charge is 0.489 e. The van der Waals surface area contributed by atoms with Gasteiger partial charge in [-0.15, -0.1) is 0 Å². The highest BCUT2D eigenvalue weighted by molar-refractivity contribution is 8.26. The second-order valence-electron chi connectivity index (χ2n) is 5.46. The summed E-state index contributed by atoms with van der Waals surface area (Å²) in [6, 6.07) is 14.8. The molecule has 0 unspecified atom stereocenters. The van der Waals surface area contributed by atoms with Crippen molar-refractivity contribution in [2.75, 3.05) is 0 Å². The molecule has 1 aliphatic heterocycles. The Morgan fingerprint density at radius 3 is 2.40 bits per heavy atom. The Hall–Kier alpha value is -2.44. The fraction of sp³-hybridized carbons (Fsp3) is 0.105. The molecular weight excluding hydrogens is 354 g/mol. The third kappa shape index (κ3) is 4.55. The number of benzene rings is 2. The van der Waals surface area contributed by atoms with Gasteiger partial charge in [0, 0.05) is 5.56 Å². The van der Waals surface area contributed by atoms with Gasteiger partial charge in [0.2, 0.25) is 0 Å². The van der Waals surface area contributed by atoms with Crippen LogP contribution < -0.4 is 10.1 Å². The molecule has 4 nitrogen and oxygen atoms in total. The van der Waals surface area contributed by atoms with E-state index in [0.717, 1.165) is 16.9 Å². The van der Waals surface area contributed by atoms with Gasteiger partial charge < -0.3 is 10.1 Å². The number of rotatable bonds is 5. The molecule has 0 spiro atoms. The van der Waals surface area contributed by atoms with Crippen LogP contribution in [0, 0.1) is 0 Å². The SMILES string of the molecule is CC(=O)c1ccc(COc2ccc(C=C3SC(=S)NC3=O)cc2)cc1. The highest BCUT2D eigenvalue weighted by Crippen LogP contribution is 2.26. The van der Waals surface area contributed by atoms with Crippen LogP contribution >= 0.6 is 24.0 Å². The summed E-state index contributed by atoms with van der Waals surface area (Å²) in [5.74, 6) is 0.619. The van der Waals surface area contributed by atoms with E-state index in [4.69, 9.17) is 17.0 Å². The minimum atomic E-state index is -0.163. The molecule has 1 saturated heterocycles. The summed E-state index contributed by atoms with van der Waals surface area (Å²) < 4.78 is 6.22. The van der Waals surface area contributed by atoms with Crippen LogP contribution in [0.3, 0.4) is 0 Å². The highest BCUT2D eigenvalue weighted by atomic mass is 32.2. The number of thiocarbonyl (C=S) groups is 1. The maximum Gasteiger partial charge on any atom is 0.263 e. The minimum absolute atomic E-state index is 0.0482. The van der Waals surface area contributed by atoms with Crippen molar-refractivity contribution in [1.29, 1.82) is 0 Å². The topological polar surface area (TPSA) is 55.4 Å². The Morgan fingerprint density at radius 2 is 1.84 bits per heavy atom. The lowest BCUT2D eigenvalue weighted by Crippen LogP contribution is -2.17. The van der Waals surface area contributed by atoms with Crippen molar-refractivity contribution in [3.63, 3.8) is 0 Å². The normalized spacial score (nSPS) is 15.3. The van der Waals surface area contributed by atoms with Crippen molar-refractivity contribution >= 4 is 46.1 Å². The fourth-order valence-corrected chi connectivity index (χ4v) is 3.28. The molecule has 126 valence electrons. The summed E-state index contributed by atoms with van der Waals surface area (Å²) in [7, 11) is 0. The van der Waals surface area contributed by atoms with Crippen LogP contribution in [0.4, 0.5) is 0 Å².